The third-order valence-electron chi connectivity index (χ3n) is 5.23. The summed E-state index contributed by atoms with van der Waals surface area (Å²) in [5, 5.41) is 0. The Labute approximate surface area is 127 Å². The van der Waals surface area contributed by atoms with Crippen molar-refractivity contribution >= 4 is 22.6 Å². The van der Waals surface area contributed by atoms with Gasteiger partial charge in [-0.15, -0.1) is 0 Å². The van der Waals surface area contributed by atoms with Crippen LogP contribution in [0.4, 0.5) is 0 Å². The highest BCUT2D eigenvalue weighted by molar-refractivity contribution is 14.1. The first-order valence-electron chi connectivity index (χ1n) is 7.89. The summed E-state index contributed by atoms with van der Waals surface area (Å²) in [6.07, 6.45) is 12.7. The van der Waals surface area contributed by atoms with Gasteiger partial charge < -0.3 is 4.74 Å². The highest BCUT2D eigenvalue weighted by Gasteiger charge is 2.35. The topological polar surface area (TPSA) is 9.23 Å². The zero-order valence-electron chi connectivity index (χ0n) is 12.1. The molecule has 0 spiro atoms. The Balaban J connectivity index is 1.92. The summed E-state index contributed by atoms with van der Waals surface area (Å²) in [6, 6.07) is 0. The molecule has 0 N–H and O–H groups in total. The Morgan fingerprint density at radius 3 is 2.22 bits per heavy atom. The van der Waals surface area contributed by atoms with Crippen molar-refractivity contribution in [2.75, 3.05) is 4.43 Å². The molecule has 2 aliphatic rings. The van der Waals surface area contributed by atoms with E-state index in [2.05, 4.69) is 36.4 Å². The van der Waals surface area contributed by atoms with Crippen molar-refractivity contribution in [3.05, 3.63) is 0 Å². The van der Waals surface area contributed by atoms with E-state index >= 15 is 0 Å². The van der Waals surface area contributed by atoms with Crippen LogP contribution in [0.15, 0.2) is 0 Å². The third-order valence-corrected chi connectivity index (χ3v) is 6.62. The van der Waals surface area contributed by atoms with E-state index in [4.69, 9.17) is 4.74 Å². The highest BCUT2D eigenvalue weighted by atomic mass is 127. The van der Waals surface area contributed by atoms with E-state index in [0.717, 1.165) is 11.8 Å². The Hall–Kier alpha value is 0.690. The summed E-state index contributed by atoms with van der Waals surface area (Å²) < 4.78 is 7.85. The van der Waals surface area contributed by atoms with Gasteiger partial charge in [0.15, 0.2) is 0 Å². The summed E-state index contributed by atoms with van der Waals surface area (Å²) in [5.41, 5.74) is 0.224. The zero-order chi connectivity index (χ0) is 13.0. The van der Waals surface area contributed by atoms with Crippen molar-refractivity contribution in [1.29, 1.82) is 0 Å². The van der Waals surface area contributed by atoms with Crippen molar-refractivity contribution in [3.8, 4) is 0 Å². The second-order valence-corrected chi connectivity index (χ2v) is 7.50. The lowest BCUT2D eigenvalue weighted by molar-refractivity contribution is -0.108. The van der Waals surface area contributed by atoms with Crippen LogP contribution in [0, 0.1) is 11.8 Å². The van der Waals surface area contributed by atoms with Gasteiger partial charge in [0.1, 0.15) is 0 Å². The van der Waals surface area contributed by atoms with Gasteiger partial charge in [0.2, 0.25) is 0 Å². The van der Waals surface area contributed by atoms with E-state index in [-0.39, 0.29) is 5.60 Å². The Morgan fingerprint density at radius 2 is 1.67 bits per heavy atom. The van der Waals surface area contributed by atoms with E-state index in [1.165, 1.54) is 62.2 Å². The molecule has 2 saturated carbocycles. The molecule has 2 fully saturated rings. The maximum absolute atomic E-state index is 6.66. The van der Waals surface area contributed by atoms with Gasteiger partial charge in [-0.2, -0.15) is 0 Å². The van der Waals surface area contributed by atoms with Crippen LogP contribution in [0.2, 0.25) is 0 Å². The van der Waals surface area contributed by atoms with Gasteiger partial charge in [0, 0.05) is 4.43 Å². The van der Waals surface area contributed by atoms with Crippen LogP contribution in [-0.4, -0.2) is 16.1 Å². The van der Waals surface area contributed by atoms with Crippen molar-refractivity contribution in [2.24, 2.45) is 11.8 Å². The van der Waals surface area contributed by atoms with Crippen LogP contribution in [0.25, 0.3) is 0 Å². The van der Waals surface area contributed by atoms with Crippen LogP contribution in [0.5, 0.6) is 0 Å². The molecule has 0 aliphatic heterocycles. The lowest BCUT2D eigenvalue weighted by atomic mass is 9.80. The quantitative estimate of drug-likeness (QED) is 0.372. The molecule has 3 unspecified atom stereocenters. The third kappa shape index (κ3) is 3.84. The molecule has 0 aromatic carbocycles. The number of halogens is 1. The lowest BCUT2D eigenvalue weighted by Gasteiger charge is -2.40. The number of ether oxygens (including phenoxy) is 1. The summed E-state index contributed by atoms with van der Waals surface area (Å²) in [6.45, 7) is 4.81. The molecule has 106 valence electrons. The zero-order valence-corrected chi connectivity index (χ0v) is 14.2. The monoisotopic (exact) mass is 364 g/mol. The minimum absolute atomic E-state index is 0.224. The first-order valence-corrected chi connectivity index (χ1v) is 9.41. The lowest BCUT2D eigenvalue weighted by Crippen LogP contribution is -2.40. The molecule has 3 atom stereocenters. The van der Waals surface area contributed by atoms with Gasteiger partial charge >= 0.3 is 0 Å². The van der Waals surface area contributed by atoms with Crippen LogP contribution in [0.3, 0.4) is 0 Å². The summed E-state index contributed by atoms with van der Waals surface area (Å²) in [7, 11) is 0. The minimum Gasteiger partial charge on any atom is -0.371 e. The Kier molecular flexibility index (Phi) is 5.80. The fraction of sp³-hybridized carbons (Fsp3) is 1.00. The van der Waals surface area contributed by atoms with Crippen molar-refractivity contribution < 1.29 is 4.74 Å². The SMILES string of the molecule is CC1CCC(OC2(CI)CCCCCC2)CC1C. The number of hydrogen-bond acceptors (Lipinski definition) is 1. The van der Waals surface area contributed by atoms with Gasteiger partial charge in [-0.1, -0.05) is 62.1 Å². The maximum atomic E-state index is 6.66. The van der Waals surface area contributed by atoms with Crippen LogP contribution < -0.4 is 0 Å². The Morgan fingerprint density at radius 1 is 1.00 bits per heavy atom. The first-order chi connectivity index (χ1) is 8.65. The van der Waals surface area contributed by atoms with Gasteiger partial charge in [0.25, 0.3) is 0 Å². The smallest absolute Gasteiger partial charge is 0.0775 e. The molecule has 0 amide bonds. The predicted molar refractivity (Wildman–Crippen MR) is 86.4 cm³/mol. The van der Waals surface area contributed by atoms with Gasteiger partial charge in [-0.3, -0.25) is 0 Å². The standard InChI is InChI=1S/C16H29IO/c1-13-7-8-15(11-14(13)2)18-16(12-17)9-5-3-4-6-10-16/h13-15H,3-12H2,1-2H3. The molecular formula is C16H29IO. The molecule has 0 radical (unpaired) electrons. The molecule has 2 heteroatoms. The molecule has 0 saturated heterocycles. The molecule has 2 rings (SSSR count). The van der Waals surface area contributed by atoms with Crippen molar-refractivity contribution in [1.82, 2.24) is 0 Å². The van der Waals surface area contributed by atoms with Crippen LogP contribution >= 0.6 is 22.6 Å². The normalized spacial score (nSPS) is 37.2. The minimum atomic E-state index is 0.224. The largest absolute Gasteiger partial charge is 0.371 e. The van der Waals surface area contributed by atoms with Crippen LogP contribution in [0.1, 0.15) is 71.6 Å². The molecular weight excluding hydrogens is 335 g/mol. The fourth-order valence-corrected chi connectivity index (χ4v) is 4.56. The highest BCUT2D eigenvalue weighted by Crippen LogP contribution is 2.38. The van der Waals surface area contributed by atoms with E-state index in [1.807, 2.05) is 0 Å². The fourth-order valence-electron chi connectivity index (χ4n) is 3.61. The van der Waals surface area contributed by atoms with E-state index < -0.39 is 0 Å². The number of rotatable bonds is 3. The van der Waals surface area contributed by atoms with Crippen molar-refractivity contribution in [2.45, 2.75) is 83.3 Å². The number of hydrogen-bond donors (Lipinski definition) is 0. The molecule has 1 nitrogen and oxygen atoms in total. The number of alkyl halides is 1. The molecule has 2 aliphatic carbocycles. The van der Waals surface area contributed by atoms with Gasteiger partial charge in [-0.25, -0.2) is 0 Å². The Bertz CT molecular complexity index is 245. The van der Waals surface area contributed by atoms with Crippen LogP contribution in [-0.2, 0) is 4.74 Å². The first kappa shape index (κ1) is 15.1. The molecule has 18 heavy (non-hydrogen) atoms. The second kappa shape index (κ2) is 6.92. The van der Waals surface area contributed by atoms with Gasteiger partial charge in [0.05, 0.1) is 11.7 Å². The average Bonchev–Trinajstić information content (AvgIpc) is 2.60. The van der Waals surface area contributed by atoms with E-state index in [1.54, 1.807) is 0 Å². The maximum Gasteiger partial charge on any atom is 0.0775 e. The summed E-state index contributed by atoms with van der Waals surface area (Å²) >= 11 is 2.56. The average molecular weight is 364 g/mol. The summed E-state index contributed by atoms with van der Waals surface area (Å²) in [4.78, 5) is 0. The van der Waals surface area contributed by atoms with E-state index in [9.17, 15) is 0 Å². The predicted octanol–water partition coefficient (Wildman–Crippen LogP) is 5.36. The van der Waals surface area contributed by atoms with Crippen molar-refractivity contribution in [3.63, 3.8) is 0 Å². The molecule has 0 aromatic heterocycles. The van der Waals surface area contributed by atoms with E-state index in [0.29, 0.717) is 6.10 Å². The molecule has 0 bridgehead atoms. The molecule has 0 aromatic rings. The second-order valence-electron chi connectivity index (χ2n) is 6.74. The van der Waals surface area contributed by atoms with Gasteiger partial charge in [-0.05, 0) is 43.9 Å². The summed E-state index contributed by atoms with van der Waals surface area (Å²) in [5.74, 6) is 1.75. The molecule has 0 heterocycles.